The summed E-state index contributed by atoms with van der Waals surface area (Å²) in [6, 6.07) is 10.3. The smallest absolute Gasteiger partial charge is 0.295 e. The summed E-state index contributed by atoms with van der Waals surface area (Å²) in [4.78, 5) is 28.1. The highest BCUT2D eigenvalue weighted by Crippen LogP contribution is 2.30. The molecule has 0 radical (unpaired) electrons. The van der Waals surface area contributed by atoms with Crippen LogP contribution in [0.15, 0.2) is 59.3 Å². The highest BCUT2D eigenvalue weighted by Gasteiger charge is 2.34. The Morgan fingerprint density at radius 1 is 1.18 bits per heavy atom. The van der Waals surface area contributed by atoms with Crippen LogP contribution in [0.1, 0.15) is 30.1 Å². The number of carbonyl (C=O) groups is 1. The second kappa shape index (κ2) is 9.17. The maximum Gasteiger partial charge on any atom is 0.295 e. The number of piperidine rings is 1. The fraction of sp³-hybridized carbons (Fsp3) is 0.280. The Morgan fingerprint density at radius 2 is 2.00 bits per heavy atom. The molecule has 3 heterocycles. The van der Waals surface area contributed by atoms with Crippen molar-refractivity contribution in [2.75, 3.05) is 18.4 Å². The second-order valence-electron chi connectivity index (χ2n) is 8.43. The third-order valence-electron chi connectivity index (χ3n) is 6.22. The van der Waals surface area contributed by atoms with Crippen molar-refractivity contribution < 1.29 is 18.0 Å². The molecule has 0 spiro atoms. The molecule has 174 valence electrons. The Balaban J connectivity index is 1.42. The quantitative estimate of drug-likeness (QED) is 0.453. The number of nitrogens with one attached hydrogen (secondary N) is 1. The molecule has 1 amide bonds. The zero-order valence-electron chi connectivity index (χ0n) is 18.5. The van der Waals surface area contributed by atoms with E-state index in [-0.39, 0.29) is 40.8 Å². The van der Waals surface area contributed by atoms with E-state index in [9.17, 15) is 13.6 Å². The molecule has 7 nitrogen and oxygen atoms in total. The normalized spacial score (nSPS) is 18.3. The first-order valence-corrected chi connectivity index (χ1v) is 11.2. The van der Waals surface area contributed by atoms with E-state index < -0.39 is 11.6 Å². The van der Waals surface area contributed by atoms with E-state index in [1.807, 2.05) is 0 Å². The van der Waals surface area contributed by atoms with Gasteiger partial charge >= 0.3 is 0 Å². The van der Waals surface area contributed by atoms with Crippen molar-refractivity contribution in [1.82, 2.24) is 19.9 Å². The van der Waals surface area contributed by atoms with Gasteiger partial charge in [-0.1, -0.05) is 13.0 Å². The molecule has 1 aliphatic rings. The zero-order valence-corrected chi connectivity index (χ0v) is 18.5. The lowest BCUT2D eigenvalue weighted by Crippen LogP contribution is -2.51. The van der Waals surface area contributed by atoms with Crippen LogP contribution in [0.3, 0.4) is 0 Å². The maximum absolute atomic E-state index is 14.8. The van der Waals surface area contributed by atoms with Crippen LogP contribution in [0.4, 0.5) is 14.8 Å². The van der Waals surface area contributed by atoms with E-state index in [1.54, 1.807) is 17.0 Å². The van der Waals surface area contributed by atoms with Gasteiger partial charge in [0.25, 0.3) is 11.9 Å². The fourth-order valence-electron chi connectivity index (χ4n) is 4.49. The van der Waals surface area contributed by atoms with E-state index in [4.69, 9.17) is 4.42 Å². The number of rotatable bonds is 5. The Labute approximate surface area is 194 Å². The van der Waals surface area contributed by atoms with Crippen molar-refractivity contribution in [2.45, 2.75) is 25.8 Å². The molecule has 1 saturated heterocycles. The van der Waals surface area contributed by atoms with Crippen LogP contribution in [-0.2, 0) is 0 Å². The fourth-order valence-corrected chi connectivity index (χ4v) is 4.49. The molecule has 9 heteroatoms. The molecule has 1 aliphatic heterocycles. The zero-order chi connectivity index (χ0) is 23.7. The third kappa shape index (κ3) is 4.21. The predicted octanol–water partition coefficient (Wildman–Crippen LogP) is 4.92. The Bertz CT molecular complexity index is 1330. The van der Waals surface area contributed by atoms with Crippen molar-refractivity contribution >= 4 is 23.0 Å². The molecule has 2 aromatic heterocycles. The number of amides is 1. The third-order valence-corrected chi connectivity index (χ3v) is 6.22. The molecule has 2 atom stereocenters. The summed E-state index contributed by atoms with van der Waals surface area (Å²) in [5.41, 5.74) is 1.21. The minimum Gasteiger partial charge on any atom is -0.424 e. The van der Waals surface area contributed by atoms with Crippen LogP contribution in [0.25, 0.3) is 22.5 Å². The SMILES string of the molecule is C[C@@H]1CCCN(C(=O)c2cccc(F)c2-c2ncccn2)[C@@H]1CNc1nc2cc(F)ccc2o1. The molecule has 2 aromatic carbocycles. The van der Waals surface area contributed by atoms with Crippen LogP contribution < -0.4 is 5.32 Å². The number of aromatic nitrogens is 3. The summed E-state index contributed by atoms with van der Waals surface area (Å²) in [5.74, 6) is -0.854. The van der Waals surface area contributed by atoms with Gasteiger partial charge in [-0.25, -0.2) is 18.7 Å². The van der Waals surface area contributed by atoms with E-state index in [0.717, 1.165) is 12.8 Å². The van der Waals surface area contributed by atoms with Gasteiger partial charge in [-0.15, -0.1) is 0 Å². The molecule has 0 unspecified atom stereocenters. The van der Waals surface area contributed by atoms with Crippen molar-refractivity contribution in [3.8, 4) is 11.4 Å². The van der Waals surface area contributed by atoms with Crippen molar-refractivity contribution in [1.29, 1.82) is 0 Å². The van der Waals surface area contributed by atoms with Gasteiger partial charge < -0.3 is 14.6 Å². The minimum atomic E-state index is -0.546. The molecule has 1 N–H and O–H groups in total. The van der Waals surface area contributed by atoms with Gasteiger partial charge in [0.1, 0.15) is 17.2 Å². The molecule has 5 rings (SSSR count). The predicted molar refractivity (Wildman–Crippen MR) is 123 cm³/mol. The summed E-state index contributed by atoms with van der Waals surface area (Å²) in [5, 5.41) is 3.15. The highest BCUT2D eigenvalue weighted by molar-refractivity contribution is 6.00. The van der Waals surface area contributed by atoms with Gasteiger partial charge in [0.2, 0.25) is 0 Å². The number of halogens is 2. The van der Waals surface area contributed by atoms with Gasteiger partial charge in [-0.3, -0.25) is 4.79 Å². The number of benzene rings is 2. The highest BCUT2D eigenvalue weighted by atomic mass is 19.1. The van der Waals surface area contributed by atoms with Gasteiger partial charge in [0, 0.05) is 31.5 Å². The van der Waals surface area contributed by atoms with Crippen LogP contribution in [0, 0.1) is 17.6 Å². The lowest BCUT2D eigenvalue weighted by Gasteiger charge is -2.40. The summed E-state index contributed by atoms with van der Waals surface area (Å²) in [7, 11) is 0. The number of nitrogens with zero attached hydrogens (tertiary/aromatic N) is 4. The first kappa shape index (κ1) is 21.9. The number of anilines is 1. The van der Waals surface area contributed by atoms with E-state index in [2.05, 4.69) is 27.2 Å². The van der Waals surface area contributed by atoms with Gasteiger partial charge in [0.05, 0.1) is 17.2 Å². The molecule has 34 heavy (non-hydrogen) atoms. The standard InChI is InChI=1S/C25H23F2N5O2/c1-15-5-3-12-32(20(15)14-30-25-31-19-13-16(26)8-9-21(19)34-25)24(33)17-6-2-7-18(27)22(17)23-28-10-4-11-29-23/h2,4,6-11,13,15,20H,3,5,12,14H2,1H3,(H,30,31)/t15-,20-/m1/s1. The van der Waals surface area contributed by atoms with Gasteiger partial charge in [0.15, 0.2) is 11.4 Å². The topological polar surface area (TPSA) is 84.2 Å². The molecular weight excluding hydrogens is 440 g/mol. The molecule has 1 fully saturated rings. The van der Waals surface area contributed by atoms with Crippen molar-refractivity contribution in [3.05, 3.63) is 72.1 Å². The van der Waals surface area contributed by atoms with Crippen LogP contribution in [0.5, 0.6) is 0 Å². The maximum atomic E-state index is 14.8. The average Bonchev–Trinajstić information content (AvgIpc) is 3.25. The summed E-state index contributed by atoms with van der Waals surface area (Å²) in [6.45, 7) is 3.01. The Morgan fingerprint density at radius 3 is 2.82 bits per heavy atom. The summed E-state index contributed by atoms with van der Waals surface area (Å²) in [6.07, 6.45) is 4.83. The first-order chi connectivity index (χ1) is 16.5. The Kier molecular flexibility index (Phi) is 5.91. The van der Waals surface area contributed by atoms with E-state index in [1.165, 1.54) is 42.7 Å². The van der Waals surface area contributed by atoms with Crippen molar-refractivity contribution in [2.24, 2.45) is 5.92 Å². The average molecular weight is 463 g/mol. The van der Waals surface area contributed by atoms with E-state index >= 15 is 0 Å². The summed E-state index contributed by atoms with van der Waals surface area (Å²) >= 11 is 0. The lowest BCUT2D eigenvalue weighted by atomic mass is 9.89. The molecule has 0 aliphatic carbocycles. The van der Waals surface area contributed by atoms with Crippen molar-refractivity contribution in [3.63, 3.8) is 0 Å². The van der Waals surface area contributed by atoms with Gasteiger partial charge in [-0.05, 0) is 49.1 Å². The first-order valence-electron chi connectivity index (χ1n) is 11.2. The number of hydrogen-bond acceptors (Lipinski definition) is 6. The van der Waals surface area contributed by atoms with E-state index in [0.29, 0.717) is 24.2 Å². The lowest BCUT2D eigenvalue weighted by molar-refractivity contribution is 0.0539. The monoisotopic (exact) mass is 463 g/mol. The number of likely N-dealkylation sites (tertiary alicyclic amines) is 1. The molecule has 0 saturated carbocycles. The minimum absolute atomic E-state index is 0.0963. The number of carbonyl (C=O) groups excluding carboxylic acids is 1. The number of hydrogen-bond donors (Lipinski definition) is 1. The van der Waals surface area contributed by atoms with Gasteiger partial charge in [-0.2, -0.15) is 4.98 Å². The van der Waals surface area contributed by atoms with Crippen LogP contribution in [-0.4, -0.2) is 44.9 Å². The number of oxazole rings is 1. The Hall–Kier alpha value is -3.88. The molecule has 4 aromatic rings. The summed E-state index contributed by atoms with van der Waals surface area (Å²) < 4.78 is 34.0. The molecule has 0 bridgehead atoms. The van der Waals surface area contributed by atoms with Crippen LogP contribution in [0.2, 0.25) is 0 Å². The second-order valence-corrected chi connectivity index (χ2v) is 8.43. The molecular formula is C25H23F2N5O2. The number of fused-ring (bicyclic) bond motifs is 1. The van der Waals surface area contributed by atoms with Crippen LogP contribution >= 0.6 is 0 Å². The largest absolute Gasteiger partial charge is 0.424 e.